The van der Waals surface area contributed by atoms with Gasteiger partial charge in [-0.3, -0.25) is 9.69 Å². The normalized spacial score (nSPS) is 27.4. The molecule has 0 bridgehead atoms. The molecule has 1 aromatic heterocycles. The van der Waals surface area contributed by atoms with E-state index in [1.165, 1.54) is 21.7 Å². The first-order valence-electron chi connectivity index (χ1n) is 14.5. The molecule has 4 aliphatic rings. The molecule has 0 radical (unpaired) electrons. The fourth-order valence-electron chi connectivity index (χ4n) is 7.28. The van der Waals surface area contributed by atoms with Gasteiger partial charge < -0.3 is 14.5 Å². The van der Waals surface area contributed by atoms with Crippen LogP contribution < -0.4 is 9.64 Å². The first kappa shape index (κ1) is 28.1. The number of carbonyl (C=O) groups is 1. The number of benzene rings is 1. The van der Waals surface area contributed by atoms with Crippen LogP contribution in [-0.4, -0.2) is 83.8 Å². The Morgan fingerprint density at radius 1 is 1.24 bits per heavy atom. The molecule has 6 rings (SSSR count). The zero-order valence-electron chi connectivity index (χ0n) is 23.5. The molecule has 1 amide bonds. The number of ether oxygens (including phenoxy) is 1. The summed E-state index contributed by atoms with van der Waals surface area (Å²) in [6, 6.07) is 8.77. The molecule has 3 heterocycles. The lowest BCUT2D eigenvalue weighted by atomic mass is 9.71. The molecule has 0 N–H and O–H groups in total. The van der Waals surface area contributed by atoms with Gasteiger partial charge in [-0.2, -0.15) is 15.2 Å². The van der Waals surface area contributed by atoms with E-state index in [0.29, 0.717) is 45.2 Å². The lowest BCUT2D eigenvalue weighted by Crippen LogP contribution is -2.55. The Morgan fingerprint density at radius 2 is 2.10 bits per heavy atom. The van der Waals surface area contributed by atoms with E-state index in [1.54, 1.807) is 4.90 Å². The standard InChI is InChI=1S/C31H36BrFN6O2/c1-3-28(40)39-12-11-38(18-22(39)8-10-34)29-24-7-9-31(14-20-5-4-6-26(32)25(20)15-31)16-27(24)35-30(36-29)41-19-23-13-21(33)17-37(23)2/h3-6,21-23H,1,7-9,11-19H2,2H3. The summed E-state index contributed by atoms with van der Waals surface area (Å²) in [5.41, 5.74) is 5.06. The van der Waals surface area contributed by atoms with Crippen LogP contribution in [0.3, 0.4) is 0 Å². The second-order valence-corrected chi connectivity index (χ2v) is 13.0. The number of rotatable bonds is 6. The van der Waals surface area contributed by atoms with Crippen molar-refractivity contribution in [2.75, 3.05) is 44.7 Å². The number of amides is 1. The number of carbonyl (C=O) groups excluding carboxylic acids is 1. The van der Waals surface area contributed by atoms with E-state index < -0.39 is 6.17 Å². The van der Waals surface area contributed by atoms with Crippen LogP contribution in [-0.2, 0) is 30.5 Å². The van der Waals surface area contributed by atoms with Crippen LogP contribution in [0, 0.1) is 16.7 Å². The number of likely N-dealkylation sites (tertiary alicyclic amines) is 1. The molecule has 10 heteroatoms. The molecule has 0 saturated carbocycles. The van der Waals surface area contributed by atoms with E-state index in [1.807, 2.05) is 11.9 Å². The van der Waals surface area contributed by atoms with Crippen LogP contribution in [0.4, 0.5) is 10.2 Å². The SMILES string of the molecule is C=CC(=O)N1CCN(c2nc(OCC3CC(F)CN3C)nc3c2CCC2(Cc4cccc(Br)c4C2)C3)CC1CC#N. The van der Waals surface area contributed by atoms with Gasteiger partial charge in [0.15, 0.2) is 0 Å². The highest BCUT2D eigenvalue weighted by molar-refractivity contribution is 9.10. The maximum Gasteiger partial charge on any atom is 0.318 e. The highest BCUT2D eigenvalue weighted by Gasteiger charge is 2.43. The van der Waals surface area contributed by atoms with Crippen LogP contribution in [0.1, 0.15) is 41.6 Å². The summed E-state index contributed by atoms with van der Waals surface area (Å²) in [4.78, 5) is 28.3. The summed E-state index contributed by atoms with van der Waals surface area (Å²) in [6.45, 7) is 5.98. The zero-order valence-corrected chi connectivity index (χ0v) is 25.1. The van der Waals surface area contributed by atoms with Gasteiger partial charge in [0.25, 0.3) is 0 Å². The molecule has 2 aliphatic carbocycles. The van der Waals surface area contributed by atoms with E-state index >= 15 is 0 Å². The van der Waals surface area contributed by atoms with Crippen molar-refractivity contribution < 1.29 is 13.9 Å². The molecule has 4 unspecified atom stereocenters. The van der Waals surface area contributed by atoms with Crippen molar-refractivity contribution in [3.05, 3.63) is 57.7 Å². The molecule has 1 spiro atoms. The Hall–Kier alpha value is -3.03. The first-order chi connectivity index (χ1) is 19.8. The number of aromatic nitrogens is 2. The summed E-state index contributed by atoms with van der Waals surface area (Å²) in [7, 11) is 1.92. The number of hydrogen-bond donors (Lipinski definition) is 0. The van der Waals surface area contributed by atoms with Gasteiger partial charge >= 0.3 is 6.01 Å². The summed E-state index contributed by atoms with van der Waals surface area (Å²) in [5, 5.41) is 9.50. The molecule has 2 saturated heterocycles. The van der Waals surface area contributed by atoms with Crippen molar-refractivity contribution in [3.8, 4) is 12.1 Å². The smallest absolute Gasteiger partial charge is 0.318 e. The lowest BCUT2D eigenvalue weighted by molar-refractivity contribution is -0.128. The molecule has 8 nitrogen and oxygen atoms in total. The monoisotopic (exact) mass is 622 g/mol. The number of piperazine rings is 1. The molecule has 4 atom stereocenters. The van der Waals surface area contributed by atoms with Gasteiger partial charge in [0.05, 0.1) is 24.2 Å². The Labute approximate surface area is 249 Å². The fraction of sp³-hybridized carbons (Fsp3) is 0.548. The number of fused-ring (bicyclic) bond motifs is 2. The molecule has 2 fully saturated rings. The average Bonchev–Trinajstić information content (AvgIpc) is 3.49. The maximum absolute atomic E-state index is 14.0. The van der Waals surface area contributed by atoms with Gasteiger partial charge in [-0.1, -0.05) is 34.6 Å². The minimum absolute atomic E-state index is 0.0189. The van der Waals surface area contributed by atoms with Gasteiger partial charge in [0.1, 0.15) is 18.6 Å². The highest BCUT2D eigenvalue weighted by Crippen LogP contribution is 2.49. The molecular weight excluding hydrogens is 587 g/mol. The fourth-order valence-corrected chi connectivity index (χ4v) is 7.83. The summed E-state index contributed by atoms with van der Waals surface area (Å²) >= 11 is 3.76. The summed E-state index contributed by atoms with van der Waals surface area (Å²) in [5.74, 6) is 0.688. The van der Waals surface area contributed by atoms with E-state index in [0.717, 1.165) is 49.2 Å². The Morgan fingerprint density at radius 3 is 2.83 bits per heavy atom. The highest BCUT2D eigenvalue weighted by atomic mass is 79.9. The zero-order chi connectivity index (χ0) is 28.7. The van der Waals surface area contributed by atoms with Crippen LogP contribution >= 0.6 is 15.9 Å². The number of likely N-dealkylation sites (N-methyl/N-ethyl adjacent to an activating group) is 1. The van der Waals surface area contributed by atoms with E-state index in [-0.39, 0.29) is 29.8 Å². The number of anilines is 1. The number of alkyl halides is 1. The Balaban J connectivity index is 1.31. The second kappa shape index (κ2) is 11.3. The lowest BCUT2D eigenvalue weighted by Gasteiger charge is -2.42. The summed E-state index contributed by atoms with van der Waals surface area (Å²) in [6.07, 6.45) is 5.92. The van der Waals surface area contributed by atoms with Gasteiger partial charge in [-0.05, 0) is 74.3 Å². The third-order valence-corrected chi connectivity index (χ3v) is 10.2. The molecule has 2 aliphatic heterocycles. The number of nitriles is 1. The number of nitrogens with zero attached hydrogens (tertiary/aromatic N) is 6. The van der Waals surface area contributed by atoms with Crippen LogP contribution in [0.2, 0.25) is 0 Å². The van der Waals surface area contributed by atoms with E-state index in [4.69, 9.17) is 14.7 Å². The maximum atomic E-state index is 14.0. The third kappa shape index (κ3) is 5.46. The van der Waals surface area contributed by atoms with E-state index in [2.05, 4.69) is 51.7 Å². The van der Waals surface area contributed by atoms with Gasteiger partial charge in [-0.25, -0.2) is 4.39 Å². The quantitative estimate of drug-likeness (QED) is 0.449. The Bertz CT molecular complexity index is 1400. The first-order valence-corrected chi connectivity index (χ1v) is 15.3. The second-order valence-electron chi connectivity index (χ2n) is 12.1. The Kier molecular flexibility index (Phi) is 7.77. The number of hydrogen-bond acceptors (Lipinski definition) is 7. The van der Waals surface area contributed by atoms with Crippen LogP contribution in [0.15, 0.2) is 35.3 Å². The van der Waals surface area contributed by atoms with Crippen molar-refractivity contribution in [3.63, 3.8) is 0 Å². The van der Waals surface area contributed by atoms with Crippen molar-refractivity contribution in [2.45, 2.75) is 63.2 Å². The van der Waals surface area contributed by atoms with Crippen molar-refractivity contribution in [1.82, 2.24) is 19.8 Å². The largest absolute Gasteiger partial charge is 0.462 e. The van der Waals surface area contributed by atoms with Crippen LogP contribution in [0.5, 0.6) is 6.01 Å². The molecule has 2 aromatic rings. The third-order valence-electron chi connectivity index (χ3n) is 9.44. The van der Waals surface area contributed by atoms with Crippen molar-refractivity contribution >= 4 is 27.7 Å². The predicted octanol–water partition coefficient (Wildman–Crippen LogP) is 4.05. The van der Waals surface area contributed by atoms with Crippen LogP contribution in [0.25, 0.3) is 0 Å². The van der Waals surface area contributed by atoms with Gasteiger partial charge in [0.2, 0.25) is 5.91 Å². The average molecular weight is 624 g/mol. The van der Waals surface area contributed by atoms with Gasteiger partial charge in [-0.15, -0.1) is 0 Å². The topological polar surface area (TPSA) is 85.6 Å². The van der Waals surface area contributed by atoms with E-state index in [9.17, 15) is 14.4 Å². The van der Waals surface area contributed by atoms with Gasteiger partial charge in [0, 0.05) is 42.3 Å². The molecular formula is C31H36BrFN6O2. The number of halogens is 2. The van der Waals surface area contributed by atoms with Crippen molar-refractivity contribution in [2.24, 2.45) is 5.41 Å². The molecule has 41 heavy (non-hydrogen) atoms. The predicted molar refractivity (Wildman–Crippen MR) is 158 cm³/mol. The molecule has 216 valence electrons. The molecule has 1 aromatic carbocycles. The minimum Gasteiger partial charge on any atom is -0.462 e. The minimum atomic E-state index is -0.844. The van der Waals surface area contributed by atoms with Crippen molar-refractivity contribution in [1.29, 1.82) is 5.26 Å². The summed E-state index contributed by atoms with van der Waals surface area (Å²) < 4.78 is 21.4.